The van der Waals surface area contributed by atoms with Crippen LogP contribution in [0.1, 0.15) is 47.2 Å². The molecule has 2 fully saturated rings. The van der Waals surface area contributed by atoms with Crippen molar-refractivity contribution in [2.45, 2.75) is 59.2 Å². The predicted molar refractivity (Wildman–Crippen MR) is 170 cm³/mol. The molecular weight excluding hydrogens is 624 g/mol. The number of amides is 2. The highest BCUT2D eigenvalue weighted by atomic mass is 79.9. The van der Waals surface area contributed by atoms with E-state index in [1.807, 2.05) is 59.1 Å². The maximum absolute atomic E-state index is 14.2. The van der Waals surface area contributed by atoms with Crippen LogP contribution in [0.3, 0.4) is 0 Å². The molecule has 2 aliphatic rings. The van der Waals surface area contributed by atoms with Gasteiger partial charge in [-0.05, 0) is 98.5 Å². The average molecular weight is 660 g/mol. The van der Waals surface area contributed by atoms with Crippen molar-refractivity contribution in [2.24, 2.45) is 5.41 Å². The van der Waals surface area contributed by atoms with Crippen LogP contribution in [-0.2, 0) is 16.1 Å². The highest BCUT2D eigenvalue weighted by Crippen LogP contribution is 2.60. The van der Waals surface area contributed by atoms with Gasteiger partial charge in [0.2, 0.25) is 11.8 Å². The number of hydrogen-bond acceptors (Lipinski definition) is 8. The van der Waals surface area contributed by atoms with Crippen LogP contribution in [-0.4, -0.2) is 84.9 Å². The third-order valence-electron chi connectivity index (χ3n) is 8.71. The van der Waals surface area contributed by atoms with E-state index < -0.39 is 6.04 Å². The minimum atomic E-state index is -0.648. The molecule has 0 bridgehead atoms. The van der Waals surface area contributed by atoms with Crippen LogP contribution in [0.25, 0.3) is 22.0 Å². The number of rotatable bonds is 8. The molecule has 1 saturated carbocycles. The molecule has 11 nitrogen and oxygen atoms in total. The Labute approximate surface area is 264 Å². The summed E-state index contributed by atoms with van der Waals surface area (Å²) in [5, 5.41) is 8.28. The first-order valence-electron chi connectivity index (χ1n) is 14.6. The van der Waals surface area contributed by atoms with Crippen LogP contribution < -0.4 is 5.32 Å². The number of carbonyl (C=O) groups excluding carboxylic acids is 3. The molecule has 2 amide bonds. The summed E-state index contributed by atoms with van der Waals surface area (Å²) in [6.45, 7) is 7.81. The fourth-order valence-corrected chi connectivity index (χ4v) is 7.03. The molecular formula is C32H35BrN8O3. The number of benzene rings is 1. The van der Waals surface area contributed by atoms with Crippen molar-refractivity contribution in [3.8, 4) is 11.1 Å². The number of aromatic nitrogens is 5. The summed E-state index contributed by atoms with van der Waals surface area (Å²) in [4.78, 5) is 57.6. The van der Waals surface area contributed by atoms with Gasteiger partial charge < -0.3 is 15.1 Å². The molecule has 6 rings (SSSR count). The highest BCUT2D eigenvalue weighted by Gasteiger charge is 2.67. The zero-order valence-electron chi connectivity index (χ0n) is 25.7. The van der Waals surface area contributed by atoms with Crippen LogP contribution in [0.5, 0.6) is 0 Å². The number of anilines is 1. The van der Waals surface area contributed by atoms with Crippen LogP contribution in [0.2, 0.25) is 0 Å². The van der Waals surface area contributed by atoms with Gasteiger partial charge in [-0.25, -0.2) is 15.0 Å². The number of hydrogen-bond donors (Lipinski definition) is 1. The Morgan fingerprint density at radius 3 is 2.45 bits per heavy atom. The number of halogens is 1. The molecule has 1 N–H and O–H groups in total. The smallest absolute Gasteiger partial charge is 0.248 e. The molecule has 0 radical (unpaired) electrons. The quantitative estimate of drug-likeness (QED) is 0.219. The van der Waals surface area contributed by atoms with E-state index in [1.165, 1.54) is 6.92 Å². The van der Waals surface area contributed by atoms with Gasteiger partial charge in [0.25, 0.3) is 0 Å². The fourth-order valence-electron chi connectivity index (χ4n) is 6.72. The maximum Gasteiger partial charge on any atom is 0.248 e. The minimum absolute atomic E-state index is 0.0481. The third kappa shape index (κ3) is 5.41. The van der Waals surface area contributed by atoms with E-state index in [4.69, 9.17) is 0 Å². The van der Waals surface area contributed by atoms with E-state index in [2.05, 4.69) is 46.2 Å². The fraction of sp³-hybridized carbons (Fsp3) is 0.406. The summed E-state index contributed by atoms with van der Waals surface area (Å²) in [6.07, 6.45) is 4.92. The standard InChI is InChI=1S/C32H35BrN8O3/c1-17-7-8-26(33)36-30(17)37-31(44)24-11-32(16-39(5)6)12-25(32)41(24)27(43)15-40-29-18(2)9-21(22-13-34-20(4)35-14-22)10-23(29)28(38-40)19(3)42/h7-10,13-14,24-25H,11-12,15-16H2,1-6H3,(H,36,37,44)/t24-,25+,32-/m0/s1. The Balaban J connectivity index is 1.34. The Bertz CT molecular complexity index is 1820. The van der Waals surface area contributed by atoms with Gasteiger partial charge in [0.05, 0.1) is 5.52 Å². The molecule has 4 heterocycles. The van der Waals surface area contributed by atoms with Crippen LogP contribution in [0, 0.1) is 26.2 Å². The molecule has 12 heteroatoms. The number of fused-ring (bicyclic) bond motifs is 2. The Kier molecular flexibility index (Phi) is 7.61. The molecule has 4 aromatic rings. The summed E-state index contributed by atoms with van der Waals surface area (Å²) in [5.74, 6) is 0.480. The summed E-state index contributed by atoms with van der Waals surface area (Å²) >= 11 is 3.38. The van der Waals surface area contributed by atoms with Crippen molar-refractivity contribution in [3.63, 3.8) is 0 Å². The number of aryl methyl sites for hydroxylation is 3. The van der Waals surface area contributed by atoms with Crippen molar-refractivity contribution in [2.75, 3.05) is 26.0 Å². The van der Waals surface area contributed by atoms with Gasteiger partial charge in [-0.15, -0.1) is 0 Å². The molecule has 1 aromatic carbocycles. The number of Topliss-reactive ketones (excluding diaryl/α,β-unsaturated/α-hetero) is 1. The van der Waals surface area contributed by atoms with E-state index >= 15 is 0 Å². The predicted octanol–water partition coefficient (Wildman–Crippen LogP) is 4.34. The van der Waals surface area contributed by atoms with Gasteiger partial charge in [0, 0.05) is 48.3 Å². The molecule has 1 aliphatic heterocycles. The van der Waals surface area contributed by atoms with Gasteiger partial charge in [-0.2, -0.15) is 5.10 Å². The number of nitrogens with zero attached hydrogens (tertiary/aromatic N) is 7. The first-order valence-corrected chi connectivity index (χ1v) is 15.4. The van der Waals surface area contributed by atoms with Crippen molar-refractivity contribution in [1.82, 2.24) is 34.5 Å². The molecule has 3 aromatic heterocycles. The van der Waals surface area contributed by atoms with Crippen LogP contribution in [0.15, 0.2) is 41.3 Å². The van der Waals surface area contributed by atoms with E-state index in [0.29, 0.717) is 39.3 Å². The van der Waals surface area contributed by atoms with E-state index in [-0.39, 0.29) is 35.6 Å². The van der Waals surface area contributed by atoms with Gasteiger partial charge in [0.1, 0.15) is 34.5 Å². The lowest BCUT2D eigenvalue weighted by Gasteiger charge is -2.27. The lowest BCUT2D eigenvalue weighted by molar-refractivity contribution is -0.138. The summed E-state index contributed by atoms with van der Waals surface area (Å²) in [7, 11) is 4.02. The van der Waals surface area contributed by atoms with Gasteiger partial charge in [-0.3, -0.25) is 19.1 Å². The zero-order chi connectivity index (χ0) is 31.5. The van der Waals surface area contributed by atoms with Gasteiger partial charge in [-0.1, -0.05) is 6.07 Å². The van der Waals surface area contributed by atoms with Crippen molar-refractivity contribution in [3.05, 3.63) is 63.9 Å². The number of ketones is 1. The Hall–Kier alpha value is -4.03. The topological polar surface area (TPSA) is 126 Å². The van der Waals surface area contributed by atoms with Crippen molar-refractivity contribution < 1.29 is 14.4 Å². The first-order chi connectivity index (χ1) is 20.9. The van der Waals surface area contributed by atoms with Gasteiger partial charge >= 0.3 is 0 Å². The number of piperidine rings is 1. The molecule has 1 aliphatic carbocycles. The first kappa shape index (κ1) is 30.0. The molecule has 44 heavy (non-hydrogen) atoms. The van der Waals surface area contributed by atoms with E-state index in [9.17, 15) is 14.4 Å². The number of carbonyl (C=O) groups is 3. The second kappa shape index (κ2) is 11.2. The van der Waals surface area contributed by atoms with Crippen molar-refractivity contribution in [1.29, 1.82) is 0 Å². The Morgan fingerprint density at radius 1 is 1.05 bits per heavy atom. The maximum atomic E-state index is 14.2. The average Bonchev–Trinajstić information content (AvgIpc) is 3.34. The summed E-state index contributed by atoms with van der Waals surface area (Å²) < 4.78 is 2.23. The van der Waals surface area contributed by atoms with Crippen LogP contribution in [0.4, 0.5) is 5.82 Å². The monoisotopic (exact) mass is 658 g/mol. The molecule has 3 atom stereocenters. The minimum Gasteiger partial charge on any atom is -0.325 e. The molecule has 228 valence electrons. The Morgan fingerprint density at radius 2 is 1.77 bits per heavy atom. The molecule has 0 spiro atoms. The summed E-state index contributed by atoms with van der Waals surface area (Å²) in [5.41, 5.74) is 4.26. The molecule has 0 unspecified atom stereocenters. The lowest BCUT2D eigenvalue weighted by atomic mass is 9.98. The number of nitrogens with one attached hydrogen (secondary N) is 1. The second-order valence-corrected chi connectivity index (χ2v) is 13.2. The number of likely N-dealkylation sites (tertiary alicyclic amines) is 1. The molecule has 1 saturated heterocycles. The largest absolute Gasteiger partial charge is 0.325 e. The zero-order valence-corrected chi connectivity index (χ0v) is 27.3. The third-order valence-corrected chi connectivity index (χ3v) is 9.15. The highest BCUT2D eigenvalue weighted by molar-refractivity contribution is 9.10. The van der Waals surface area contributed by atoms with Gasteiger partial charge in [0.15, 0.2) is 5.78 Å². The summed E-state index contributed by atoms with van der Waals surface area (Å²) in [6, 6.07) is 6.90. The van der Waals surface area contributed by atoms with E-state index in [0.717, 1.165) is 35.2 Å². The number of pyridine rings is 1. The van der Waals surface area contributed by atoms with Crippen molar-refractivity contribution >= 4 is 50.2 Å². The lowest BCUT2D eigenvalue weighted by Crippen LogP contribution is -2.47. The SMILES string of the molecule is CC(=O)c1nn(CC(=O)N2[C@H](C(=O)Nc3nc(Br)ccc3C)C[C@@]3(CN(C)C)C[C@@H]23)c2c(C)cc(-c3cnc(C)nc3)cc12. The van der Waals surface area contributed by atoms with E-state index in [1.54, 1.807) is 22.0 Å². The van der Waals surface area contributed by atoms with Crippen LogP contribution >= 0.6 is 15.9 Å². The normalized spacial score (nSPS) is 20.7. The second-order valence-electron chi connectivity index (χ2n) is 12.4.